The summed E-state index contributed by atoms with van der Waals surface area (Å²) in [6.45, 7) is 0.410. The number of rotatable bonds is 23. The van der Waals surface area contributed by atoms with E-state index in [9.17, 15) is 29.7 Å². The molecule has 55 heavy (non-hydrogen) atoms. The van der Waals surface area contributed by atoms with Crippen LogP contribution in [0.5, 0.6) is 0 Å². The molecule has 6 N–H and O–H groups in total. The molecule has 0 aliphatic rings. The maximum absolute atomic E-state index is 12.1. The van der Waals surface area contributed by atoms with E-state index in [2.05, 4.69) is 0 Å². The first-order valence-electron chi connectivity index (χ1n) is 17.0. The number of carbonyl (C=O) groups excluding carboxylic acids is 3. The SMILES string of the molecule is CC(COCOCC(O)COC(=O)c1ccccc1)(COCC(O)COC(=O)c1ccccc1)COCC(O)COC(=O)c1ccccc1.CO.CO.CO. The topological polar surface area (TPSA) is 237 Å². The summed E-state index contributed by atoms with van der Waals surface area (Å²) < 4.78 is 37.8. The van der Waals surface area contributed by atoms with Gasteiger partial charge >= 0.3 is 17.9 Å². The molecule has 0 saturated heterocycles. The van der Waals surface area contributed by atoms with E-state index in [1.54, 1.807) is 97.9 Å². The highest BCUT2D eigenvalue weighted by molar-refractivity contribution is 5.90. The van der Waals surface area contributed by atoms with Gasteiger partial charge in [0.25, 0.3) is 0 Å². The normalized spacial score (nSPS) is 13.0. The first-order valence-corrected chi connectivity index (χ1v) is 17.0. The molecule has 3 aromatic carbocycles. The summed E-state index contributed by atoms with van der Waals surface area (Å²) in [6, 6.07) is 25.2. The summed E-state index contributed by atoms with van der Waals surface area (Å²) in [5, 5.41) is 51.7. The van der Waals surface area contributed by atoms with Crippen LogP contribution >= 0.6 is 0 Å². The molecule has 0 radical (unpaired) electrons. The van der Waals surface area contributed by atoms with Crippen molar-refractivity contribution in [1.29, 1.82) is 0 Å². The van der Waals surface area contributed by atoms with Crippen LogP contribution < -0.4 is 0 Å². The summed E-state index contributed by atoms with van der Waals surface area (Å²) in [7, 11) is 3.00. The van der Waals surface area contributed by atoms with Gasteiger partial charge in [0.2, 0.25) is 0 Å². The van der Waals surface area contributed by atoms with Crippen molar-refractivity contribution in [2.45, 2.75) is 25.2 Å². The zero-order valence-corrected chi connectivity index (χ0v) is 31.7. The smallest absolute Gasteiger partial charge is 0.338 e. The minimum absolute atomic E-state index is 0.0356. The van der Waals surface area contributed by atoms with Crippen LogP contribution in [-0.4, -0.2) is 154 Å². The molecule has 308 valence electrons. The van der Waals surface area contributed by atoms with Crippen molar-refractivity contribution in [2.24, 2.45) is 5.41 Å². The average Bonchev–Trinajstić information content (AvgIpc) is 3.24. The predicted octanol–water partition coefficient (Wildman–Crippen LogP) is 1.50. The third-order valence-corrected chi connectivity index (χ3v) is 6.70. The molecule has 3 atom stereocenters. The van der Waals surface area contributed by atoms with Crippen LogP contribution in [-0.2, 0) is 33.2 Å². The second-order valence-corrected chi connectivity index (χ2v) is 11.5. The Hall–Kier alpha value is -4.33. The number of esters is 3. The van der Waals surface area contributed by atoms with Gasteiger partial charge in [0.1, 0.15) is 44.9 Å². The second kappa shape index (κ2) is 32.0. The lowest BCUT2D eigenvalue weighted by Gasteiger charge is -2.30. The first-order chi connectivity index (χ1) is 26.6. The summed E-state index contributed by atoms with van der Waals surface area (Å²) in [5.41, 5.74) is 0.271. The fraction of sp³-hybridized carbons (Fsp3) is 0.462. The summed E-state index contributed by atoms with van der Waals surface area (Å²) in [6.07, 6.45) is -3.27. The molecule has 3 aromatic rings. The Labute approximate surface area is 321 Å². The highest BCUT2D eigenvalue weighted by Gasteiger charge is 2.27. The van der Waals surface area contributed by atoms with Gasteiger partial charge in [0, 0.05) is 26.7 Å². The highest BCUT2D eigenvalue weighted by atomic mass is 16.7. The zero-order valence-electron chi connectivity index (χ0n) is 31.7. The van der Waals surface area contributed by atoms with Crippen LogP contribution in [0.2, 0.25) is 0 Å². The van der Waals surface area contributed by atoms with Gasteiger partial charge in [0.05, 0.1) is 56.3 Å². The predicted molar refractivity (Wildman–Crippen MR) is 199 cm³/mol. The zero-order chi connectivity index (χ0) is 41.3. The van der Waals surface area contributed by atoms with Crippen LogP contribution in [0.25, 0.3) is 0 Å². The van der Waals surface area contributed by atoms with Gasteiger partial charge in [-0.1, -0.05) is 61.5 Å². The molecule has 16 nitrogen and oxygen atoms in total. The molecule has 3 rings (SSSR count). The van der Waals surface area contributed by atoms with Crippen molar-refractivity contribution < 1.29 is 78.2 Å². The molecule has 0 spiro atoms. The van der Waals surface area contributed by atoms with Crippen molar-refractivity contribution in [3.63, 3.8) is 0 Å². The van der Waals surface area contributed by atoms with Crippen LogP contribution in [0, 0.1) is 5.41 Å². The lowest BCUT2D eigenvalue weighted by molar-refractivity contribution is -0.133. The monoisotopic (exact) mass is 780 g/mol. The van der Waals surface area contributed by atoms with Gasteiger partial charge in [-0.3, -0.25) is 0 Å². The van der Waals surface area contributed by atoms with E-state index in [1.807, 2.05) is 0 Å². The second-order valence-electron chi connectivity index (χ2n) is 11.5. The van der Waals surface area contributed by atoms with Crippen LogP contribution in [0.15, 0.2) is 91.0 Å². The minimum Gasteiger partial charge on any atom is -0.459 e. The number of carbonyl (C=O) groups is 3. The lowest BCUT2D eigenvalue weighted by Crippen LogP contribution is -2.37. The van der Waals surface area contributed by atoms with E-state index in [1.165, 1.54) is 0 Å². The molecule has 0 fully saturated rings. The Balaban J connectivity index is 0.00000462. The van der Waals surface area contributed by atoms with Gasteiger partial charge in [-0.05, 0) is 36.4 Å². The maximum Gasteiger partial charge on any atom is 0.338 e. The Morgan fingerprint density at radius 3 is 1.04 bits per heavy atom. The van der Waals surface area contributed by atoms with Gasteiger partial charge in [-0.15, -0.1) is 0 Å². The largest absolute Gasteiger partial charge is 0.459 e. The van der Waals surface area contributed by atoms with Crippen LogP contribution in [0.1, 0.15) is 38.0 Å². The minimum atomic E-state index is -1.10. The molecule has 16 heteroatoms. The Bertz CT molecular complexity index is 1310. The van der Waals surface area contributed by atoms with Crippen molar-refractivity contribution in [3.05, 3.63) is 108 Å². The number of aliphatic hydroxyl groups is 6. The maximum atomic E-state index is 12.1. The van der Waals surface area contributed by atoms with Gasteiger partial charge in [0.15, 0.2) is 0 Å². The number of hydrogen-bond donors (Lipinski definition) is 6. The number of ether oxygens (including phenoxy) is 7. The quantitative estimate of drug-likeness (QED) is 0.0346. The Morgan fingerprint density at radius 2 is 0.727 bits per heavy atom. The van der Waals surface area contributed by atoms with Crippen molar-refractivity contribution >= 4 is 17.9 Å². The van der Waals surface area contributed by atoms with Gasteiger partial charge in [-0.2, -0.15) is 0 Å². The van der Waals surface area contributed by atoms with Gasteiger partial charge < -0.3 is 63.8 Å². The van der Waals surface area contributed by atoms with Crippen molar-refractivity contribution in [1.82, 2.24) is 0 Å². The summed E-state index contributed by atoms with van der Waals surface area (Å²) in [4.78, 5) is 36.3. The molecule has 0 heterocycles. The Kier molecular flexibility index (Phi) is 29.4. The van der Waals surface area contributed by atoms with E-state index < -0.39 is 41.6 Å². The third-order valence-electron chi connectivity index (χ3n) is 6.70. The average molecular weight is 781 g/mol. The van der Waals surface area contributed by atoms with Crippen molar-refractivity contribution in [3.8, 4) is 0 Å². The molecule has 0 saturated carbocycles. The molecular weight excluding hydrogens is 724 g/mol. The van der Waals surface area contributed by atoms with E-state index in [-0.39, 0.29) is 66.3 Å². The van der Waals surface area contributed by atoms with Crippen LogP contribution in [0.3, 0.4) is 0 Å². The highest BCUT2D eigenvalue weighted by Crippen LogP contribution is 2.19. The molecule has 3 unspecified atom stereocenters. The molecule has 0 bridgehead atoms. The van der Waals surface area contributed by atoms with E-state index in [0.717, 1.165) is 21.3 Å². The summed E-state index contributed by atoms with van der Waals surface area (Å²) in [5.74, 6) is -1.71. The van der Waals surface area contributed by atoms with E-state index >= 15 is 0 Å². The molecular formula is C39H56O16. The number of benzene rings is 3. The number of aliphatic hydroxyl groups excluding tert-OH is 6. The number of hydrogen-bond acceptors (Lipinski definition) is 16. The molecule has 0 aliphatic heterocycles. The summed E-state index contributed by atoms with van der Waals surface area (Å²) >= 11 is 0. The van der Waals surface area contributed by atoms with Gasteiger partial charge in [-0.25, -0.2) is 14.4 Å². The lowest BCUT2D eigenvalue weighted by atomic mass is 9.94. The molecule has 0 amide bonds. The fourth-order valence-electron chi connectivity index (χ4n) is 4.17. The standard InChI is InChI=1S/C36H44O13.3CH4O/c1-36(23-43-17-30(37)20-47-33(40)27-11-5-2-6-12-27,24-44-18-31(38)21-48-34(41)28-13-7-3-8-14-28)25-46-26-45-19-32(39)22-49-35(42)29-15-9-4-10-16-29;3*1-2/h2-16,30-32,37-39H,17-26H2,1H3;3*2H,1H3. The third kappa shape index (κ3) is 23.3. The van der Waals surface area contributed by atoms with E-state index in [4.69, 9.17) is 48.5 Å². The first kappa shape index (κ1) is 50.7. The molecule has 0 aromatic heterocycles. The molecule has 0 aliphatic carbocycles. The van der Waals surface area contributed by atoms with Crippen molar-refractivity contribution in [2.75, 3.05) is 87.6 Å². The fourth-order valence-corrected chi connectivity index (χ4v) is 4.17. The Morgan fingerprint density at radius 1 is 0.455 bits per heavy atom. The van der Waals surface area contributed by atoms with Crippen LogP contribution in [0.4, 0.5) is 0 Å². The van der Waals surface area contributed by atoms with E-state index in [0.29, 0.717) is 16.7 Å².